The molecule has 24 heavy (non-hydrogen) atoms. The molecular weight excluding hydrogens is 328 g/mol. The Labute approximate surface area is 146 Å². The summed E-state index contributed by atoms with van der Waals surface area (Å²) in [5, 5.41) is 3.08. The Hall–Kier alpha value is -2.53. The van der Waals surface area contributed by atoms with E-state index in [4.69, 9.17) is 16.3 Å². The topological polar surface area (TPSA) is 58.6 Å². The second-order valence-electron chi connectivity index (χ2n) is 5.47. The Bertz CT molecular complexity index is 742. The van der Waals surface area contributed by atoms with E-state index in [-0.39, 0.29) is 18.2 Å². The third kappa shape index (κ3) is 4.49. The van der Waals surface area contributed by atoms with Crippen LogP contribution in [0.4, 0.5) is 5.69 Å². The standard InChI is InChI=1S/C18H19ClN2O3/c1-21(2)18(23)15-9-6-13(11-16(15)19)20-17(22)10-12-4-7-14(24-3)8-5-12/h4-9,11H,10H2,1-3H3,(H,20,22). The number of methoxy groups -OCH3 is 1. The number of rotatable bonds is 5. The van der Waals surface area contributed by atoms with Crippen LogP contribution in [0.5, 0.6) is 5.75 Å². The first-order valence-electron chi connectivity index (χ1n) is 7.34. The van der Waals surface area contributed by atoms with Gasteiger partial charge < -0.3 is 15.0 Å². The van der Waals surface area contributed by atoms with Gasteiger partial charge in [0.15, 0.2) is 0 Å². The zero-order chi connectivity index (χ0) is 17.7. The summed E-state index contributed by atoms with van der Waals surface area (Å²) in [6, 6.07) is 12.1. The lowest BCUT2D eigenvalue weighted by atomic mass is 10.1. The van der Waals surface area contributed by atoms with Crippen molar-refractivity contribution in [3.05, 3.63) is 58.6 Å². The molecule has 2 amide bonds. The molecule has 0 spiro atoms. The molecule has 1 N–H and O–H groups in total. The van der Waals surface area contributed by atoms with Crippen LogP contribution in [0.15, 0.2) is 42.5 Å². The fraction of sp³-hybridized carbons (Fsp3) is 0.222. The lowest BCUT2D eigenvalue weighted by Gasteiger charge is -2.13. The van der Waals surface area contributed by atoms with Crippen molar-refractivity contribution in [1.82, 2.24) is 4.90 Å². The average molecular weight is 347 g/mol. The Kier molecular flexibility index (Phi) is 5.82. The van der Waals surface area contributed by atoms with Crippen LogP contribution >= 0.6 is 11.6 Å². The van der Waals surface area contributed by atoms with Gasteiger partial charge in [-0.2, -0.15) is 0 Å². The van der Waals surface area contributed by atoms with Crippen molar-refractivity contribution in [3.8, 4) is 5.75 Å². The molecular formula is C18H19ClN2O3. The van der Waals surface area contributed by atoms with Crippen LogP contribution in [0.25, 0.3) is 0 Å². The van der Waals surface area contributed by atoms with Gasteiger partial charge in [-0.1, -0.05) is 23.7 Å². The van der Waals surface area contributed by atoms with E-state index >= 15 is 0 Å². The molecule has 0 atom stereocenters. The van der Waals surface area contributed by atoms with Crippen LogP contribution in [0.2, 0.25) is 5.02 Å². The van der Waals surface area contributed by atoms with Gasteiger partial charge in [0.25, 0.3) is 5.91 Å². The number of amides is 2. The van der Waals surface area contributed by atoms with E-state index in [2.05, 4.69) is 5.32 Å². The molecule has 0 aliphatic carbocycles. The predicted octanol–water partition coefficient (Wildman–Crippen LogP) is 3.23. The number of ether oxygens (including phenoxy) is 1. The Morgan fingerprint density at radius 2 is 1.79 bits per heavy atom. The Morgan fingerprint density at radius 1 is 1.12 bits per heavy atom. The summed E-state index contributed by atoms with van der Waals surface area (Å²) in [6.07, 6.45) is 0.236. The van der Waals surface area contributed by atoms with Crippen molar-refractivity contribution in [2.75, 3.05) is 26.5 Å². The van der Waals surface area contributed by atoms with E-state index in [1.54, 1.807) is 51.5 Å². The number of hydrogen-bond donors (Lipinski definition) is 1. The first kappa shape index (κ1) is 17.8. The highest BCUT2D eigenvalue weighted by atomic mass is 35.5. The summed E-state index contributed by atoms with van der Waals surface area (Å²) in [6.45, 7) is 0. The van der Waals surface area contributed by atoms with Crippen LogP contribution in [0.3, 0.4) is 0 Å². The number of hydrogen-bond acceptors (Lipinski definition) is 3. The largest absolute Gasteiger partial charge is 0.497 e. The van der Waals surface area contributed by atoms with E-state index in [9.17, 15) is 9.59 Å². The maximum atomic E-state index is 12.1. The Morgan fingerprint density at radius 3 is 2.33 bits per heavy atom. The maximum Gasteiger partial charge on any atom is 0.254 e. The molecule has 0 saturated carbocycles. The lowest BCUT2D eigenvalue weighted by Crippen LogP contribution is -2.22. The molecule has 0 saturated heterocycles. The predicted molar refractivity (Wildman–Crippen MR) is 94.8 cm³/mol. The fourth-order valence-corrected chi connectivity index (χ4v) is 2.40. The van der Waals surface area contributed by atoms with Crippen molar-refractivity contribution >= 4 is 29.1 Å². The molecule has 0 aliphatic rings. The number of nitrogens with zero attached hydrogens (tertiary/aromatic N) is 1. The average Bonchev–Trinajstić information content (AvgIpc) is 2.55. The van der Waals surface area contributed by atoms with E-state index in [0.717, 1.165) is 11.3 Å². The molecule has 5 nitrogen and oxygen atoms in total. The van der Waals surface area contributed by atoms with E-state index in [0.29, 0.717) is 16.3 Å². The molecule has 6 heteroatoms. The fourth-order valence-electron chi connectivity index (χ4n) is 2.14. The van der Waals surface area contributed by atoms with Crippen LogP contribution < -0.4 is 10.1 Å². The monoisotopic (exact) mass is 346 g/mol. The molecule has 2 aromatic rings. The van der Waals surface area contributed by atoms with Crippen molar-refractivity contribution in [1.29, 1.82) is 0 Å². The maximum absolute atomic E-state index is 12.1. The quantitative estimate of drug-likeness (QED) is 0.904. The SMILES string of the molecule is COc1ccc(CC(=O)Nc2ccc(C(=O)N(C)C)c(Cl)c2)cc1. The molecule has 0 radical (unpaired) electrons. The second-order valence-corrected chi connectivity index (χ2v) is 5.87. The summed E-state index contributed by atoms with van der Waals surface area (Å²) in [4.78, 5) is 25.5. The number of anilines is 1. The van der Waals surface area contributed by atoms with Gasteiger partial charge in [0.1, 0.15) is 5.75 Å². The second kappa shape index (κ2) is 7.84. The minimum absolute atomic E-state index is 0.164. The summed E-state index contributed by atoms with van der Waals surface area (Å²) >= 11 is 6.13. The minimum Gasteiger partial charge on any atom is -0.497 e. The molecule has 0 heterocycles. The molecule has 2 aromatic carbocycles. The summed E-state index contributed by atoms with van der Waals surface area (Å²) in [5.41, 5.74) is 1.82. The smallest absolute Gasteiger partial charge is 0.254 e. The normalized spacial score (nSPS) is 10.2. The number of halogens is 1. The summed E-state index contributed by atoms with van der Waals surface area (Å²) in [7, 11) is 4.91. The van der Waals surface area contributed by atoms with Crippen LogP contribution in [0.1, 0.15) is 15.9 Å². The van der Waals surface area contributed by atoms with Gasteiger partial charge in [0, 0.05) is 19.8 Å². The molecule has 0 fully saturated rings. The van der Waals surface area contributed by atoms with E-state index in [1.165, 1.54) is 4.90 Å². The molecule has 2 rings (SSSR count). The Balaban J connectivity index is 2.03. The first-order valence-corrected chi connectivity index (χ1v) is 7.72. The van der Waals surface area contributed by atoms with E-state index < -0.39 is 0 Å². The highest BCUT2D eigenvalue weighted by Gasteiger charge is 2.13. The van der Waals surface area contributed by atoms with E-state index in [1.807, 2.05) is 12.1 Å². The molecule has 0 aliphatic heterocycles. The third-order valence-corrected chi connectivity index (χ3v) is 3.73. The van der Waals surface area contributed by atoms with Crippen molar-refractivity contribution in [2.24, 2.45) is 0 Å². The van der Waals surface area contributed by atoms with Gasteiger partial charge >= 0.3 is 0 Å². The molecule has 0 aromatic heterocycles. The van der Waals surface area contributed by atoms with Gasteiger partial charge in [-0.05, 0) is 35.9 Å². The highest BCUT2D eigenvalue weighted by molar-refractivity contribution is 6.34. The van der Waals surface area contributed by atoms with Crippen molar-refractivity contribution < 1.29 is 14.3 Å². The van der Waals surface area contributed by atoms with Gasteiger partial charge in [0.05, 0.1) is 24.1 Å². The number of carbonyl (C=O) groups is 2. The van der Waals surface area contributed by atoms with Crippen molar-refractivity contribution in [2.45, 2.75) is 6.42 Å². The molecule has 0 bridgehead atoms. The van der Waals surface area contributed by atoms with Crippen LogP contribution in [-0.2, 0) is 11.2 Å². The van der Waals surface area contributed by atoms with Crippen LogP contribution in [0, 0.1) is 0 Å². The molecule has 0 unspecified atom stereocenters. The molecule has 126 valence electrons. The van der Waals surface area contributed by atoms with Gasteiger partial charge in [-0.3, -0.25) is 9.59 Å². The lowest BCUT2D eigenvalue weighted by molar-refractivity contribution is -0.115. The zero-order valence-electron chi connectivity index (χ0n) is 13.8. The number of carbonyl (C=O) groups excluding carboxylic acids is 2. The third-order valence-electron chi connectivity index (χ3n) is 3.41. The van der Waals surface area contributed by atoms with Crippen molar-refractivity contribution in [3.63, 3.8) is 0 Å². The summed E-state index contributed by atoms with van der Waals surface area (Å²) < 4.78 is 5.08. The number of nitrogens with one attached hydrogen (secondary N) is 1. The zero-order valence-corrected chi connectivity index (χ0v) is 14.6. The van der Waals surface area contributed by atoms with Gasteiger partial charge in [-0.25, -0.2) is 0 Å². The first-order chi connectivity index (χ1) is 11.4. The summed E-state index contributed by atoms with van der Waals surface area (Å²) in [5.74, 6) is 0.395. The van der Waals surface area contributed by atoms with Gasteiger partial charge in [0.2, 0.25) is 5.91 Å². The van der Waals surface area contributed by atoms with Gasteiger partial charge in [-0.15, -0.1) is 0 Å². The van der Waals surface area contributed by atoms with Crippen LogP contribution in [-0.4, -0.2) is 37.9 Å². The number of benzene rings is 2. The highest BCUT2D eigenvalue weighted by Crippen LogP contribution is 2.22. The minimum atomic E-state index is -0.184.